The van der Waals surface area contributed by atoms with Crippen molar-refractivity contribution in [3.8, 4) is 22.3 Å². The molecule has 4 heterocycles. The quantitative estimate of drug-likeness (QED) is 0.163. The third kappa shape index (κ3) is 5.89. The second kappa shape index (κ2) is 14.8. The normalized spacial score (nSPS) is 24.9. The minimum absolute atomic E-state index is 0.0166. The van der Waals surface area contributed by atoms with Gasteiger partial charge in [0, 0.05) is 50.6 Å². The van der Waals surface area contributed by atoms with Crippen molar-refractivity contribution in [2.24, 2.45) is 0 Å². The molecule has 2 fully saturated rings. The average Bonchev–Trinajstić information content (AvgIpc) is 3.70. The highest BCUT2D eigenvalue weighted by molar-refractivity contribution is 7.00. The van der Waals surface area contributed by atoms with E-state index < -0.39 is 0 Å². The van der Waals surface area contributed by atoms with E-state index in [0.717, 1.165) is 12.8 Å². The molecule has 0 N–H and O–H groups in total. The smallest absolute Gasteiger partial charge is 0.252 e. The first kappa shape index (κ1) is 44.0. The molecule has 3 nitrogen and oxygen atoms in total. The summed E-state index contributed by atoms with van der Waals surface area (Å²) in [6.07, 6.45) is 9.68. The highest BCUT2D eigenvalue weighted by atomic mass is 15.3. The molecular formula is C66H70BN3. The number of anilines is 7. The van der Waals surface area contributed by atoms with Crippen molar-refractivity contribution in [1.82, 2.24) is 0 Å². The van der Waals surface area contributed by atoms with Crippen LogP contribution < -0.4 is 31.1 Å². The zero-order valence-corrected chi connectivity index (χ0v) is 43.4. The predicted octanol–water partition coefficient (Wildman–Crippen LogP) is 15.7. The van der Waals surface area contributed by atoms with Crippen molar-refractivity contribution in [1.29, 1.82) is 0 Å². The Morgan fingerprint density at radius 3 is 1.60 bits per heavy atom. The Morgan fingerprint density at radius 1 is 0.414 bits per heavy atom. The molecule has 0 aromatic heterocycles. The van der Waals surface area contributed by atoms with Gasteiger partial charge in [-0.3, -0.25) is 0 Å². The Bertz CT molecular complexity index is 3270. The van der Waals surface area contributed by atoms with E-state index in [-0.39, 0.29) is 39.5 Å². The van der Waals surface area contributed by atoms with Crippen LogP contribution in [0.5, 0.6) is 0 Å². The van der Waals surface area contributed by atoms with Gasteiger partial charge in [-0.1, -0.05) is 178 Å². The molecule has 6 aliphatic rings. The number of fused-ring (bicyclic) bond motifs is 10. The molecule has 4 aliphatic heterocycles. The third-order valence-corrected chi connectivity index (χ3v) is 19.4. The molecule has 70 heavy (non-hydrogen) atoms. The first-order valence-corrected chi connectivity index (χ1v) is 26.7. The van der Waals surface area contributed by atoms with Gasteiger partial charge in [0.2, 0.25) is 0 Å². The van der Waals surface area contributed by atoms with E-state index in [2.05, 4.69) is 230 Å². The van der Waals surface area contributed by atoms with Crippen molar-refractivity contribution in [3.63, 3.8) is 0 Å². The van der Waals surface area contributed by atoms with Crippen LogP contribution in [-0.2, 0) is 21.7 Å². The summed E-state index contributed by atoms with van der Waals surface area (Å²) in [6, 6.07) is 57.5. The lowest BCUT2D eigenvalue weighted by molar-refractivity contribution is 0.194. The SMILES string of the molecule is CC(C)(C)c1ccc(N2c3ccc(C(C)(C)C)cc3B3c4cc(-c5ccccc5)cc5c4N(c4cc(N6c7ccc(-c8ccccc8)cc7C7(C)CCCCC67C)cc2c43)C2(C)CCCCC52C)cc1. The van der Waals surface area contributed by atoms with Gasteiger partial charge in [-0.15, -0.1) is 0 Å². The van der Waals surface area contributed by atoms with E-state index in [1.54, 1.807) is 5.56 Å². The molecule has 0 spiro atoms. The van der Waals surface area contributed by atoms with Crippen LogP contribution in [0.15, 0.2) is 146 Å². The molecule has 0 saturated heterocycles. The fraction of sp³-hybridized carbons (Fsp3) is 0.364. The molecule has 7 aromatic carbocycles. The van der Waals surface area contributed by atoms with E-state index in [0.29, 0.717) is 0 Å². The number of benzene rings is 7. The largest absolute Gasteiger partial charge is 0.335 e. The first-order chi connectivity index (χ1) is 33.4. The molecule has 13 rings (SSSR count). The van der Waals surface area contributed by atoms with Gasteiger partial charge < -0.3 is 14.7 Å². The number of hydrogen-bond donors (Lipinski definition) is 0. The summed E-state index contributed by atoms with van der Waals surface area (Å²) in [7, 11) is 0. The van der Waals surface area contributed by atoms with Gasteiger partial charge in [0.25, 0.3) is 6.71 Å². The fourth-order valence-electron chi connectivity index (χ4n) is 15.1. The molecule has 0 bridgehead atoms. The van der Waals surface area contributed by atoms with Crippen LogP contribution in [0.25, 0.3) is 22.3 Å². The Balaban J connectivity index is 1.14. The van der Waals surface area contributed by atoms with Gasteiger partial charge in [0.05, 0.1) is 11.1 Å². The van der Waals surface area contributed by atoms with Crippen LogP contribution in [0.1, 0.15) is 143 Å². The molecule has 0 radical (unpaired) electrons. The minimum atomic E-state index is -0.118. The van der Waals surface area contributed by atoms with Crippen LogP contribution in [0.4, 0.5) is 39.8 Å². The van der Waals surface area contributed by atoms with E-state index in [4.69, 9.17) is 0 Å². The summed E-state index contributed by atoms with van der Waals surface area (Å²) >= 11 is 0. The van der Waals surface area contributed by atoms with E-state index in [9.17, 15) is 0 Å². The maximum atomic E-state index is 2.95. The number of hydrogen-bond acceptors (Lipinski definition) is 3. The van der Waals surface area contributed by atoms with Crippen LogP contribution in [0.2, 0.25) is 0 Å². The van der Waals surface area contributed by atoms with Gasteiger partial charge in [0.15, 0.2) is 0 Å². The average molecular weight is 916 g/mol. The molecule has 2 aliphatic carbocycles. The summed E-state index contributed by atoms with van der Waals surface area (Å²) in [6.45, 7) is 24.7. The molecule has 4 heteroatoms. The lowest BCUT2D eigenvalue weighted by atomic mass is 9.33. The molecule has 0 amide bonds. The third-order valence-electron chi connectivity index (χ3n) is 19.4. The molecule has 2 saturated carbocycles. The maximum Gasteiger partial charge on any atom is 0.252 e. The van der Waals surface area contributed by atoms with Gasteiger partial charge in [-0.25, -0.2) is 0 Å². The monoisotopic (exact) mass is 916 g/mol. The Morgan fingerprint density at radius 2 is 0.957 bits per heavy atom. The Hall–Kier alpha value is -6.00. The summed E-state index contributed by atoms with van der Waals surface area (Å²) in [5.74, 6) is 0. The Kier molecular flexibility index (Phi) is 9.29. The molecule has 352 valence electrons. The number of rotatable bonds is 4. The van der Waals surface area contributed by atoms with Gasteiger partial charge in [-0.05, 0) is 160 Å². The topological polar surface area (TPSA) is 9.72 Å². The Labute approximate surface area is 419 Å². The first-order valence-electron chi connectivity index (χ1n) is 26.7. The maximum absolute atomic E-state index is 2.95. The second-order valence-electron chi connectivity index (χ2n) is 25.2. The van der Waals surface area contributed by atoms with E-state index in [1.807, 2.05) is 0 Å². The number of nitrogens with zero attached hydrogens (tertiary/aromatic N) is 3. The summed E-state index contributed by atoms with van der Waals surface area (Å²) in [5, 5.41) is 0. The van der Waals surface area contributed by atoms with Crippen molar-refractivity contribution in [2.75, 3.05) is 14.7 Å². The summed E-state index contributed by atoms with van der Waals surface area (Å²) in [5.41, 5.74) is 24.5. The van der Waals surface area contributed by atoms with Crippen LogP contribution in [0, 0.1) is 0 Å². The molecule has 7 aromatic rings. The van der Waals surface area contributed by atoms with Gasteiger partial charge >= 0.3 is 0 Å². The summed E-state index contributed by atoms with van der Waals surface area (Å²) in [4.78, 5) is 8.48. The second-order valence-corrected chi connectivity index (χ2v) is 25.2. The van der Waals surface area contributed by atoms with Crippen LogP contribution in [0.3, 0.4) is 0 Å². The molecule has 4 atom stereocenters. The van der Waals surface area contributed by atoms with Crippen molar-refractivity contribution >= 4 is 62.9 Å². The van der Waals surface area contributed by atoms with Crippen molar-refractivity contribution in [2.45, 2.75) is 153 Å². The standard InChI is InChI=1S/C66H70BN3/c1-61(2,3)47-26-29-49(30-27-47)68-56-32-28-48(62(4,5)6)40-53(56)67-54-39-46(44-23-15-12-16-24-44)38-52-60(54)70(66(10)36-20-18-34-64(52,66)8)58-42-50(41-57(68)59(58)67)69-55-31-25-45(43-21-13-11-14-22-43)37-51(55)63(7)33-17-19-35-65(63,69)9/h11-16,21-32,37-42H,17-20,33-36H2,1-10H3. The van der Waals surface area contributed by atoms with E-state index >= 15 is 0 Å². The predicted molar refractivity (Wildman–Crippen MR) is 300 cm³/mol. The zero-order chi connectivity index (χ0) is 48.3. The van der Waals surface area contributed by atoms with Crippen LogP contribution >= 0.6 is 0 Å². The van der Waals surface area contributed by atoms with Crippen LogP contribution in [-0.4, -0.2) is 17.8 Å². The van der Waals surface area contributed by atoms with Gasteiger partial charge in [0.1, 0.15) is 0 Å². The van der Waals surface area contributed by atoms with Gasteiger partial charge in [-0.2, -0.15) is 0 Å². The van der Waals surface area contributed by atoms with Crippen molar-refractivity contribution in [3.05, 3.63) is 168 Å². The lowest BCUT2D eigenvalue weighted by Crippen LogP contribution is -2.64. The van der Waals surface area contributed by atoms with Crippen molar-refractivity contribution < 1.29 is 0 Å². The molecular weight excluding hydrogens is 846 g/mol. The lowest BCUT2D eigenvalue weighted by Gasteiger charge is -2.54. The summed E-state index contributed by atoms with van der Waals surface area (Å²) < 4.78 is 0. The van der Waals surface area contributed by atoms with E-state index in [1.165, 1.54) is 134 Å². The fourth-order valence-corrected chi connectivity index (χ4v) is 15.1. The minimum Gasteiger partial charge on any atom is -0.335 e. The highest BCUT2D eigenvalue weighted by Crippen LogP contribution is 2.65. The zero-order valence-electron chi connectivity index (χ0n) is 43.4. The highest BCUT2D eigenvalue weighted by Gasteiger charge is 2.63. The molecule has 4 unspecified atom stereocenters.